The summed E-state index contributed by atoms with van der Waals surface area (Å²) in [5, 5.41) is 9.54. The van der Waals surface area contributed by atoms with Crippen molar-refractivity contribution in [3.05, 3.63) is 13.2 Å². The SMILES string of the molecule is C=C.CC=O.CCN1CCC(C)C(O)CC1. The molecule has 0 saturated carbocycles. The fourth-order valence-corrected chi connectivity index (χ4v) is 1.61. The first-order valence-electron chi connectivity index (χ1n) is 5.95. The molecule has 0 radical (unpaired) electrons. The highest BCUT2D eigenvalue weighted by molar-refractivity contribution is 5.44. The Morgan fingerprint density at radius 3 is 2.25 bits per heavy atom. The molecule has 16 heavy (non-hydrogen) atoms. The van der Waals surface area contributed by atoms with E-state index in [0.717, 1.165) is 38.8 Å². The van der Waals surface area contributed by atoms with Crippen molar-refractivity contribution in [2.24, 2.45) is 5.92 Å². The highest BCUT2D eigenvalue weighted by Crippen LogP contribution is 2.16. The van der Waals surface area contributed by atoms with Gasteiger partial charge in [0.25, 0.3) is 0 Å². The molecule has 1 N–H and O–H groups in total. The second-order valence-electron chi connectivity index (χ2n) is 3.79. The Hall–Kier alpha value is -0.670. The van der Waals surface area contributed by atoms with Crippen molar-refractivity contribution < 1.29 is 9.90 Å². The third-order valence-corrected chi connectivity index (χ3v) is 2.75. The van der Waals surface area contributed by atoms with E-state index in [-0.39, 0.29) is 6.10 Å². The molecule has 1 rings (SSSR count). The van der Waals surface area contributed by atoms with Crippen LogP contribution < -0.4 is 0 Å². The second kappa shape index (κ2) is 12.4. The molecule has 0 spiro atoms. The molecule has 0 bridgehead atoms. The summed E-state index contributed by atoms with van der Waals surface area (Å²) in [6, 6.07) is 0. The molecular weight excluding hydrogens is 202 g/mol. The third kappa shape index (κ3) is 8.62. The Balaban J connectivity index is 0. The Bertz CT molecular complexity index is 150. The molecule has 1 fully saturated rings. The quantitative estimate of drug-likeness (QED) is 0.553. The molecule has 0 aromatic rings. The van der Waals surface area contributed by atoms with Crippen LogP contribution in [0.4, 0.5) is 0 Å². The number of likely N-dealkylation sites (tertiary alicyclic amines) is 1. The van der Waals surface area contributed by atoms with Crippen LogP contribution in [0.25, 0.3) is 0 Å². The van der Waals surface area contributed by atoms with Gasteiger partial charge in [0.2, 0.25) is 0 Å². The van der Waals surface area contributed by atoms with Gasteiger partial charge in [-0.1, -0.05) is 13.8 Å². The number of aliphatic hydroxyl groups is 1. The molecule has 1 aliphatic rings. The minimum Gasteiger partial charge on any atom is -0.393 e. The van der Waals surface area contributed by atoms with E-state index < -0.39 is 0 Å². The van der Waals surface area contributed by atoms with Gasteiger partial charge in [0.05, 0.1) is 6.10 Å². The van der Waals surface area contributed by atoms with Crippen molar-refractivity contribution in [1.29, 1.82) is 0 Å². The van der Waals surface area contributed by atoms with E-state index >= 15 is 0 Å². The molecule has 3 nitrogen and oxygen atoms in total. The molecule has 96 valence electrons. The van der Waals surface area contributed by atoms with Crippen LogP contribution in [0.15, 0.2) is 13.2 Å². The molecule has 1 heterocycles. The molecule has 2 atom stereocenters. The van der Waals surface area contributed by atoms with E-state index in [2.05, 4.69) is 31.9 Å². The van der Waals surface area contributed by atoms with Gasteiger partial charge in [-0.3, -0.25) is 0 Å². The zero-order chi connectivity index (χ0) is 13.0. The molecule has 0 amide bonds. The van der Waals surface area contributed by atoms with Gasteiger partial charge < -0.3 is 14.8 Å². The van der Waals surface area contributed by atoms with Crippen molar-refractivity contribution in [1.82, 2.24) is 4.90 Å². The van der Waals surface area contributed by atoms with Crippen LogP contribution in [-0.2, 0) is 4.79 Å². The molecule has 0 aromatic heterocycles. The van der Waals surface area contributed by atoms with Gasteiger partial charge in [-0.05, 0) is 38.8 Å². The summed E-state index contributed by atoms with van der Waals surface area (Å²) in [5.74, 6) is 0.492. The van der Waals surface area contributed by atoms with E-state index in [0.29, 0.717) is 5.92 Å². The smallest absolute Gasteiger partial charge is 0.116 e. The van der Waals surface area contributed by atoms with Gasteiger partial charge in [0.15, 0.2) is 0 Å². The lowest BCUT2D eigenvalue weighted by atomic mass is 10.0. The van der Waals surface area contributed by atoms with Crippen molar-refractivity contribution in [2.45, 2.75) is 39.7 Å². The standard InChI is InChI=1S/C9H19NO.C2H4O.C2H4/c1-3-10-6-4-8(2)9(11)5-7-10;1-2-3;1-2/h8-9,11H,3-7H2,1-2H3;2H,1H3;1-2H2. The van der Waals surface area contributed by atoms with Crippen LogP contribution in [0, 0.1) is 5.92 Å². The molecule has 3 heteroatoms. The number of nitrogens with zero attached hydrogens (tertiary/aromatic N) is 1. The normalized spacial score (nSPS) is 25.2. The molecule has 1 aliphatic heterocycles. The van der Waals surface area contributed by atoms with Gasteiger partial charge >= 0.3 is 0 Å². The molecule has 2 unspecified atom stereocenters. The van der Waals surface area contributed by atoms with Crippen molar-refractivity contribution in [3.8, 4) is 0 Å². The summed E-state index contributed by atoms with van der Waals surface area (Å²) in [7, 11) is 0. The number of hydrogen-bond donors (Lipinski definition) is 1. The van der Waals surface area contributed by atoms with Crippen LogP contribution in [0.5, 0.6) is 0 Å². The Labute approximate surface area is 100 Å². The van der Waals surface area contributed by atoms with E-state index in [1.165, 1.54) is 6.92 Å². The predicted molar refractivity (Wildman–Crippen MR) is 69.5 cm³/mol. The van der Waals surface area contributed by atoms with Gasteiger partial charge in [0, 0.05) is 6.54 Å². The molecule has 1 saturated heterocycles. The minimum absolute atomic E-state index is 0.0634. The lowest BCUT2D eigenvalue weighted by molar-refractivity contribution is -0.106. The number of aliphatic hydroxyl groups excluding tert-OH is 1. The molecule has 0 aliphatic carbocycles. The first kappa shape index (κ1) is 17.7. The fraction of sp³-hybridized carbons (Fsp3) is 0.769. The topological polar surface area (TPSA) is 40.5 Å². The minimum atomic E-state index is -0.0634. The lowest BCUT2D eigenvalue weighted by Gasteiger charge is -2.16. The number of carbonyl (C=O) groups excluding carboxylic acids is 1. The van der Waals surface area contributed by atoms with Crippen LogP contribution in [0.3, 0.4) is 0 Å². The summed E-state index contributed by atoms with van der Waals surface area (Å²) in [6.45, 7) is 15.1. The summed E-state index contributed by atoms with van der Waals surface area (Å²) in [6.07, 6.45) is 2.79. The first-order valence-corrected chi connectivity index (χ1v) is 5.95. The number of aldehydes is 1. The van der Waals surface area contributed by atoms with Gasteiger partial charge in [0.1, 0.15) is 6.29 Å². The summed E-state index contributed by atoms with van der Waals surface area (Å²) in [4.78, 5) is 11.2. The predicted octanol–water partition coefficient (Wildman–Crippen LogP) is 2.11. The third-order valence-electron chi connectivity index (χ3n) is 2.75. The zero-order valence-corrected chi connectivity index (χ0v) is 11.0. The number of rotatable bonds is 1. The van der Waals surface area contributed by atoms with Crippen LogP contribution in [-0.4, -0.2) is 42.0 Å². The monoisotopic (exact) mass is 229 g/mol. The highest BCUT2D eigenvalue weighted by atomic mass is 16.3. The second-order valence-corrected chi connectivity index (χ2v) is 3.79. The van der Waals surface area contributed by atoms with Gasteiger partial charge in [-0.2, -0.15) is 0 Å². The van der Waals surface area contributed by atoms with E-state index in [4.69, 9.17) is 4.79 Å². The summed E-state index contributed by atoms with van der Waals surface area (Å²) >= 11 is 0. The Morgan fingerprint density at radius 1 is 1.38 bits per heavy atom. The van der Waals surface area contributed by atoms with Crippen molar-refractivity contribution >= 4 is 6.29 Å². The maximum Gasteiger partial charge on any atom is 0.116 e. The highest BCUT2D eigenvalue weighted by Gasteiger charge is 2.19. The van der Waals surface area contributed by atoms with E-state index in [9.17, 15) is 5.11 Å². The maximum absolute atomic E-state index is 9.54. The van der Waals surface area contributed by atoms with Crippen molar-refractivity contribution in [2.75, 3.05) is 19.6 Å². The van der Waals surface area contributed by atoms with E-state index in [1.54, 1.807) is 0 Å². The Kier molecular flexibility index (Phi) is 13.7. The summed E-state index contributed by atoms with van der Waals surface area (Å²) in [5.41, 5.74) is 0. The summed E-state index contributed by atoms with van der Waals surface area (Å²) < 4.78 is 0. The van der Waals surface area contributed by atoms with Crippen LogP contribution in [0.2, 0.25) is 0 Å². The lowest BCUT2D eigenvalue weighted by Crippen LogP contribution is -2.24. The zero-order valence-electron chi connectivity index (χ0n) is 11.0. The number of carbonyl (C=O) groups is 1. The largest absolute Gasteiger partial charge is 0.393 e. The van der Waals surface area contributed by atoms with Crippen LogP contribution in [0.1, 0.15) is 33.6 Å². The average molecular weight is 229 g/mol. The van der Waals surface area contributed by atoms with Crippen LogP contribution >= 0.6 is 0 Å². The number of hydrogen-bond acceptors (Lipinski definition) is 3. The molecular formula is C13H27NO2. The van der Waals surface area contributed by atoms with Crippen molar-refractivity contribution in [3.63, 3.8) is 0 Å². The average Bonchev–Trinajstić information content (AvgIpc) is 2.46. The fourth-order valence-electron chi connectivity index (χ4n) is 1.61. The van der Waals surface area contributed by atoms with Gasteiger partial charge in [-0.15, -0.1) is 13.2 Å². The van der Waals surface area contributed by atoms with Gasteiger partial charge in [-0.25, -0.2) is 0 Å². The first-order chi connectivity index (χ1) is 7.65. The molecule has 0 aromatic carbocycles. The Morgan fingerprint density at radius 2 is 1.81 bits per heavy atom. The van der Waals surface area contributed by atoms with E-state index in [1.807, 2.05) is 0 Å². The maximum atomic E-state index is 9.54.